The molecule has 0 saturated carbocycles. The molecule has 68 valence electrons. The molecule has 0 atom stereocenters. The fraction of sp³-hybridized carbons (Fsp3) is 0.0909. The fourth-order valence-electron chi connectivity index (χ4n) is 0.807. The molecule has 0 aliphatic carbocycles. The largest absolute Gasteiger partial charge is 0.0876 e. The van der Waals surface area contributed by atoms with Gasteiger partial charge in [-0.05, 0) is 25.1 Å². The summed E-state index contributed by atoms with van der Waals surface area (Å²) >= 11 is 7.53. The maximum Gasteiger partial charge on any atom is 0.0782 e. The molecule has 1 rings (SSSR count). The van der Waals surface area contributed by atoms with Gasteiger partial charge >= 0.3 is 0 Å². The van der Waals surface area contributed by atoms with E-state index in [0.29, 0.717) is 0 Å². The molecule has 0 amide bonds. The Morgan fingerprint density at radius 1 is 1.31 bits per heavy atom. The molecule has 0 N–H and O–H groups in total. The average molecular weight is 211 g/mol. The molecule has 0 spiro atoms. The molecule has 0 aliphatic rings. The predicted molar refractivity (Wildman–Crippen MR) is 61.0 cm³/mol. The van der Waals surface area contributed by atoms with Crippen LogP contribution < -0.4 is 0 Å². The molecule has 0 radical (unpaired) electrons. The van der Waals surface area contributed by atoms with Crippen LogP contribution in [-0.4, -0.2) is 0 Å². The van der Waals surface area contributed by atoms with Gasteiger partial charge in [-0.25, -0.2) is 0 Å². The quantitative estimate of drug-likeness (QED) is 0.525. The van der Waals surface area contributed by atoms with Crippen molar-refractivity contribution in [1.29, 1.82) is 0 Å². The van der Waals surface area contributed by atoms with Crippen LogP contribution in [0.1, 0.15) is 6.92 Å². The fourth-order valence-corrected chi connectivity index (χ4v) is 1.81. The van der Waals surface area contributed by atoms with Gasteiger partial charge in [0.15, 0.2) is 0 Å². The Kier molecular flexibility index (Phi) is 4.73. The number of rotatable bonds is 3. The molecule has 0 saturated heterocycles. The molecule has 2 heteroatoms. The van der Waals surface area contributed by atoms with Crippen LogP contribution in [0, 0.1) is 0 Å². The Bertz CT molecular complexity index is 301. The van der Waals surface area contributed by atoms with Crippen LogP contribution in [0.2, 0.25) is 0 Å². The Morgan fingerprint density at radius 2 is 2.00 bits per heavy atom. The summed E-state index contributed by atoms with van der Waals surface area (Å²) in [6.45, 7) is 1.97. The molecule has 13 heavy (non-hydrogen) atoms. The van der Waals surface area contributed by atoms with Crippen molar-refractivity contribution in [2.24, 2.45) is 0 Å². The molecule has 1 aromatic carbocycles. The number of allylic oxidation sites excluding steroid dienone is 3. The van der Waals surface area contributed by atoms with Crippen LogP contribution in [0.3, 0.4) is 0 Å². The summed E-state index contributed by atoms with van der Waals surface area (Å²) in [6, 6.07) is 10.1. The Labute approximate surface area is 88.3 Å². The monoisotopic (exact) mass is 210 g/mol. The molecule has 1 aromatic rings. The minimum atomic E-state index is 0.782. The lowest BCUT2D eigenvalue weighted by Gasteiger charge is -1.96. The SMILES string of the molecule is C/C=C/C=C(\Cl)Sc1ccccc1. The average Bonchev–Trinajstić information content (AvgIpc) is 2.16. The molecular formula is C11H11ClS. The second-order valence-corrected chi connectivity index (χ2v) is 4.16. The van der Waals surface area contributed by atoms with Crippen LogP contribution in [-0.2, 0) is 0 Å². The van der Waals surface area contributed by atoms with Crippen LogP contribution in [0.5, 0.6) is 0 Å². The van der Waals surface area contributed by atoms with E-state index in [0.717, 1.165) is 9.26 Å². The maximum absolute atomic E-state index is 5.97. The van der Waals surface area contributed by atoms with E-state index >= 15 is 0 Å². The Balaban J connectivity index is 2.60. The smallest absolute Gasteiger partial charge is 0.0782 e. The minimum Gasteiger partial charge on any atom is -0.0876 e. The van der Waals surface area contributed by atoms with Crippen LogP contribution in [0.25, 0.3) is 0 Å². The number of thioether (sulfide) groups is 1. The second kappa shape index (κ2) is 5.90. The molecule has 0 aliphatic heterocycles. The normalized spacial score (nSPS) is 12.3. The standard InChI is InChI=1S/C11H11ClS/c1-2-3-9-11(12)13-10-7-5-4-6-8-10/h2-9H,1H3/b3-2+,11-9+. The highest BCUT2D eigenvalue weighted by Crippen LogP contribution is 2.28. The number of benzene rings is 1. The number of halogens is 1. The predicted octanol–water partition coefficient (Wildman–Crippen LogP) is 4.44. The van der Waals surface area contributed by atoms with Crippen molar-refractivity contribution in [3.63, 3.8) is 0 Å². The molecule has 0 fully saturated rings. The highest BCUT2D eigenvalue weighted by molar-refractivity contribution is 8.04. The summed E-state index contributed by atoms with van der Waals surface area (Å²) < 4.78 is 0.782. The summed E-state index contributed by atoms with van der Waals surface area (Å²) in [4.78, 5) is 1.16. The summed E-state index contributed by atoms with van der Waals surface area (Å²) in [7, 11) is 0. The van der Waals surface area contributed by atoms with Crippen LogP contribution >= 0.6 is 23.4 Å². The van der Waals surface area contributed by atoms with Gasteiger partial charge in [-0.3, -0.25) is 0 Å². The third-order valence-corrected chi connectivity index (χ3v) is 2.57. The third kappa shape index (κ3) is 4.20. The lowest BCUT2D eigenvalue weighted by molar-refractivity contribution is 1.47. The van der Waals surface area contributed by atoms with E-state index in [4.69, 9.17) is 11.6 Å². The van der Waals surface area contributed by atoms with Crippen molar-refractivity contribution in [1.82, 2.24) is 0 Å². The first kappa shape index (κ1) is 10.4. The van der Waals surface area contributed by atoms with Gasteiger partial charge in [-0.15, -0.1) is 0 Å². The zero-order chi connectivity index (χ0) is 9.52. The van der Waals surface area contributed by atoms with Crippen LogP contribution in [0.4, 0.5) is 0 Å². The van der Waals surface area contributed by atoms with Crippen molar-refractivity contribution < 1.29 is 0 Å². The van der Waals surface area contributed by atoms with E-state index in [2.05, 4.69) is 0 Å². The topological polar surface area (TPSA) is 0 Å². The highest BCUT2D eigenvalue weighted by atomic mass is 35.5. The minimum absolute atomic E-state index is 0.782. The Hall–Kier alpha value is -0.660. The summed E-state index contributed by atoms with van der Waals surface area (Å²) in [5.41, 5.74) is 0. The Morgan fingerprint density at radius 3 is 2.62 bits per heavy atom. The highest BCUT2D eigenvalue weighted by Gasteiger charge is 1.93. The lowest BCUT2D eigenvalue weighted by Crippen LogP contribution is -1.67. The molecule has 0 nitrogen and oxygen atoms in total. The van der Waals surface area contributed by atoms with Gasteiger partial charge in [-0.2, -0.15) is 0 Å². The van der Waals surface area contributed by atoms with Gasteiger partial charge < -0.3 is 0 Å². The summed E-state index contributed by atoms with van der Waals surface area (Å²) in [5.74, 6) is 0. The zero-order valence-corrected chi connectivity index (χ0v) is 8.98. The number of hydrogen-bond acceptors (Lipinski definition) is 1. The van der Waals surface area contributed by atoms with E-state index in [-0.39, 0.29) is 0 Å². The van der Waals surface area contributed by atoms with Crippen LogP contribution in [0.15, 0.2) is 57.8 Å². The third-order valence-electron chi connectivity index (χ3n) is 1.38. The van der Waals surface area contributed by atoms with E-state index in [1.165, 1.54) is 0 Å². The molecule has 0 heterocycles. The van der Waals surface area contributed by atoms with E-state index in [1.54, 1.807) is 11.8 Å². The molecule has 0 unspecified atom stereocenters. The number of hydrogen-bond donors (Lipinski definition) is 0. The first-order chi connectivity index (χ1) is 6.33. The van der Waals surface area contributed by atoms with E-state index in [1.807, 2.05) is 55.5 Å². The van der Waals surface area contributed by atoms with Gasteiger partial charge in [-0.1, -0.05) is 53.7 Å². The van der Waals surface area contributed by atoms with Crippen molar-refractivity contribution in [2.75, 3.05) is 0 Å². The summed E-state index contributed by atoms with van der Waals surface area (Å²) in [6.07, 6.45) is 5.77. The second-order valence-electron chi connectivity index (χ2n) is 2.41. The van der Waals surface area contributed by atoms with Gasteiger partial charge in [0.25, 0.3) is 0 Å². The molecule has 0 aromatic heterocycles. The lowest BCUT2D eigenvalue weighted by atomic mass is 10.4. The molecular weight excluding hydrogens is 200 g/mol. The van der Waals surface area contributed by atoms with Crippen molar-refractivity contribution in [3.05, 3.63) is 52.9 Å². The maximum atomic E-state index is 5.97. The molecule has 0 bridgehead atoms. The van der Waals surface area contributed by atoms with Crippen molar-refractivity contribution in [3.8, 4) is 0 Å². The first-order valence-electron chi connectivity index (χ1n) is 4.04. The van der Waals surface area contributed by atoms with Crippen molar-refractivity contribution in [2.45, 2.75) is 11.8 Å². The van der Waals surface area contributed by atoms with Gasteiger partial charge in [0.1, 0.15) is 0 Å². The van der Waals surface area contributed by atoms with E-state index < -0.39 is 0 Å². The van der Waals surface area contributed by atoms with Crippen molar-refractivity contribution >= 4 is 23.4 Å². The van der Waals surface area contributed by atoms with Gasteiger partial charge in [0.05, 0.1) is 4.36 Å². The van der Waals surface area contributed by atoms with E-state index in [9.17, 15) is 0 Å². The summed E-state index contributed by atoms with van der Waals surface area (Å²) in [5, 5.41) is 0. The van der Waals surface area contributed by atoms with Gasteiger partial charge in [0, 0.05) is 4.90 Å². The first-order valence-corrected chi connectivity index (χ1v) is 5.24. The zero-order valence-electron chi connectivity index (χ0n) is 7.41. The van der Waals surface area contributed by atoms with Gasteiger partial charge in [0.2, 0.25) is 0 Å².